The number of aliphatic hydroxyl groups is 1. The van der Waals surface area contributed by atoms with Crippen molar-refractivity contribution < 1.29 is 43.1 Å². The molecule has 458 valence electrons. The van der Waals surface area contributed by atoms with Crippen molar-refractivity contribution in [3.63, 3.8) is 0 Å². The molecule has 1 fully saturated rings. The predicted octanol–water partition coefficient (Wildman–Crippen LogP) is 18.9. The summed E-state index contributed by atoms with van der Waals surface area (Å²) in [4.78, 5) is 28.2. The highest BCUT2D eigenvalue weighted by molar-refractivity contribution is 5.69. The van der Waals surface area contributed by atoms with Gasteiger partial charge < -0.3 is 38.4 Å². The summed E-state index contributed by atoms with van der Waals surface area (Å²) in [6.07, 6.45) is 54.9. The van der Waals surface area contributed by atoms with Gasteiger partial charge in [-0.15, -0.1) is 0 Å². The molecule has 1 aliphatic rings. The van der Waals surface area contributed by atoms with Crippen molar-refractivity contribution in [2.24, 2.45) is 5.92 Å². The Kier molecular flexibility index (Phi) is 56.8. The Labute approximate surface area is 477 Å². The molecule has 0 aromatic heterocycles. The molecule has 0 spiro atoms. The Balaban J connectivity index is 2.32. The maximum atomic E-state index is 12.7. The van der Waals surface area contributed by atoms with Gasteiger partial charge in [-0.1, -0.05) is 240 Å². The van der Waals surface area contributed by atoms with E-state index in [9.17, 15) is 14.7 Å². The molecule has 77 heavy (non-hydrogen) atoms. The predicted molar refractivity (Wildman–Crippen MR) is 324 cm³/mol. The number of piperidine rings is 1. The highest BCUT2D eigenvalue weighted by atomic mass is 16.7. The molecule has 10 nitrogen and oxygen atoms in total. The smallest absolute Gasteiger partial charge is 0.305 e. The Morgan fingerprint density at radius 1 is 0.403 bits per heavy atom. The van der Waals surface area contributed by atoms with Crippen LogP contribution in [0.4, 0.5) is 0 Å². The standard InChI is InChI=1S/C67H131NO9/c1-5-9-13-17-21-29-41-57-74-66(75-58-42-30-22-18-14-10-6-2)49-47-64(70)72-55-39-33-25-27-35-45-62-51-53-68(52-37-38-54-69)63(61-62)46-36-28-26-34-40-56-73-65(71)48-50-67(76-59-43-31-23-19-15-11-7-3)77-60-44-32-24-20-16-12-8-4/h62-63,66-67,69H,5-61H2,1-4H3. The highest BCUT2D eigenvalue weighted by Gasteiger charge is 2.27. The first-order valence-electron chi connectivity index (χ1n) is 34.1. The molecule has 0 amide bonds. The number of nitrogens with zero attached hydrogens (tertiary/aromatic N) is 1. The van der Waals surface area contributed by atoms with Gasteiger partial charge in [-0.3, -0.25) is 9.59 Å². The molecule has 2 unspecified atom stereocenters. The maximum Gasteiger partial charge on any atom is 0.305 e. The van der Waals surface area contributed by atoms with Crippen LogP contribution in [0.3, 0.4) is 0 Å². The van der Waals surface area contributed by atoms with E-state index in [2.05, 4.69) is 32.6 Å². The van der Waals surface area contributed by atoms with Gasteiger partial charge in [-0.05, 0) is 89.6 Å². The van der Waals surface area contributed by atoms with Gasteiger partial charge in [0.25, 0.3) is 0 Å². The van der Waals surface area contributed by atoms with E-state index in [-0.39, 0.29) is 31.1 Å². The lowest BCUT2D eigenvalue weighted by Gasteiger charge is -2.40. The Morgan fingerprint density at radius 3 is 1.09 bits per heavy atom. The van der Waals surface area contributed by atoms with Gasteiger partial charge in [0.2, 0.25) is 0 Å². The molecule has 0 radical (unpaired) electrons. The van der Waals surface area contributed by atoms with Crippen LogP contribution in [0.1, 0.15) is 336 Å². The van der Waals surface area contributed by atoms with Crippen molar-refractivity contribution in [1.29, 1.82) is 0 Å². The molecule has 10 heteroatoms. The van der Waals surface area contributed by atoms with Crippen LogP contribution in [0.2, 0.25) is 0 Å². The molecule has 0 aliphatic carbocycles. The van der Waals surface area contributed by atoms with Gasteiger partial charge in [-0.25, -0.2) is 0 Å². The van der Waals surface area contributed by atoms with Crippen molar-refractivity contribution in [2.75, 3.05) is 59.3 Å². The molecule has 2 atom stereocenters. The number of rotatable bonds is 62. The zero-order valence-corrected chi connectivity index (χ0v) is 51.8. The third kappa shape index (κ3) is 50.2. The average Bonchev–Trinajstić information content (AvgIpc) is 3.43. The molecule has 1 aliphatic heterocycles. The van der Waals surface area contributed by atoms with E-state index in [1.165, 1.54) is 225 Å². The van der Waals surface area contributed by atoms with Crippen LogP contribution < -0.4 is 0 Å². The Hall–Kier alpha value is -1.30. The lowest BCUT2D eigenvalue weighted by molar-refractivity contribution is -0.159. The summed E-state index contributed by atoms with van der Waals surface area (Å²) in [5, 5.41) is 9.46. The van der Waals surface area contributed by atoms with E-state index >= 15 is 0 Å². The minimum atomic E-state index is -0.320. The third-order valence-electron chi connectivity index (χ3n) is 16.1. The van der Waals surface area contributed by atoms with Gasteiger partial charge in [0.05, 0.1) is 26.1 Å². The van der Waals surface area contributed by atoms with Crippen LogP contribution in [0, 0.1) is 5.92 Å². The molecular weight excluding hydrogens is 963 g/mol. The quantitative estimate of drug-likeness (QED) is 0.0359. The first-order chi connectivity index (χ1) is 38.0. The number of hydrogen-bond donors (Lipinski definition) is 1. The monoisotopic (exact) mass is 1090 g/mol. The number of carbonyl (C=O) groups excluding carboxylic acids is 2. The summed E-state index contributed by atoms with van der Waals surface area (Å²) in [6, 6.07) is 0.648. The molecule has 0 aromatic rings. The summed E-state index contributed by atoms with van der Waals surface area (Å²) in [7, 11) is 0. The fourth-order valence-electron chi connectivity index (χ4n) is 11.1. The van der Waals surface area contributed by atoms with Crippen molar-refractivity contribution in [1.82, 2.24) is 4.90 Å². The fraction of sp³-hybridized carbons (Fsp3) is 0.970. The van der Waals surface area contributed by atoms with Crippen molar-refractivity contribution in [3.05, 3.63) is 0 Å². The lowest BCUT2D eigenvalue weighted by Crippen LogP contribution is -2.43. The molecule has 0 aromatic carbocycles. The van der Waals surface area contributed by atoms with Gasteiger partial charge in [-0.2, -0.15) is 0 Å². The summed E-state index contributed by atoms with van der Waals surface area (Å²) in [5.41, 5.74) is 0. The van der Waals surface area contributed by atoms with Crippen molar-refractivity contribution >= 4 is 11.9 Å². The highest BCUT2D eigenvalue weighted by Crippen LogP contribution is 2.31. The summed E-state index contributed by atoms with van der Waals surface area (Å²) >= 11 is 0. The summed E-state index contributed by atoms with van der Waals surface area (Å²) in [5.74, 6) is 0.547. The second-order valence-electron chi connectivity index (χ2n) is 23.5. The topological polar surface area (TPSA) is 113 Å². The molecule has 0 bridgehead atoms. The van der Waals surface area contributed by atoms with E-state index in [1.807, 2.05) is 0 Å². The van der Waals surface area contributed by atoms with Crippen LogP contribution in [0.5, 0.6) is 0 Å². The fourth-order valence-corrected chi connectivity index (χ4v) is 11.1. The van der Waals surface area contributed by atoms with Crippen LogP contribution >= 0.6 is 0 Å². The number of carbonyl (C=O) groups is 2. The Bertz CT molecular complexity index is 1170. The first kappa shape index (κ1) is 73.7. The zero-order chi connectivity index (χ0) is 55.6. The number of ether oxygens (including phenoxy) is 6. The van der Waals surface area contributed by atoms with E-state index < -0.39 is 0 Å². The van der Waals surface area contributed by atoms with Gasteiger partial charge in [0.1, 0.15) is 0 Å². The second-order valence-corrected chi connectivity index (χ2v) is 23.5. The van der Waals surface area contributed by atoms with E-state index in [0.29, 0.717) is 71.4 Å². The van der Waals surface area contributed by atoms with Crippen molar-refractivity contribution in [2.45, 2.75) is 355 Å². The zero-order valence-electron chi connectivity index (χ0n) is 51.8. The second kappa shape index (κ2) is 59.3. The minimum Gasteiger partial charge on any atom is -0.466 e. The molecule has 1 saturated heterocycles. The van der Waals surface area contributed by atoms with Crippen molar-refractivity contribution in [3.8, 4) is 0 Å². The summed E-state index contributed by atoms with van der Waals surface area (Å²) < 4.78 is 36.0. The molecule has 1 heterocycles. The first-order valence-corrected chi connectivity index (χ1v) is 34.1. The minimum absolute atomic E-state index is 0.126. The van der Waals surface area contributed by atoms with E-state index in [1.54, 1.807) is 0 Å². The van der Waals surface area contributed by atoms with Gasteiger partial charge >= 0.3 is 11.9 Å². The normalized spacial score (nSPS) is 15.1. The number of likely N-dealkylation sites (tertiary alicyclic amines) is 1. The number of unbranched alkanes of at least 4 members (excludes halogenated alkanes) is 33. The largest absolute Gasteiger partial charge is 0.466 e. The van der Waals surface area contributed by atoms with E-state index in [4.69, 9.17) is 28.4 Å². The molecule has 0 saturated carbocycles. The van der Waals surface area contributed by atoms with Crippen LogP contribution in [-0.4, -0.2) is 99.9 Å². The maximum absolute atomic E-state index is 12.7. The van der Waals surface area contributed by atoms with Crippen LogP contribution in [0.15, 0.2) is 0 Å². The SMILES string of the molecule is CCCCCCCCCOC(CCC(=O)OCCCCCCCC1CCN(CCCCO)C(CCCCCCCOC(=O)CCC(OCCCCCCCCC)OCCCCCCCCC)C1)OCCCCCCCCC. The van der Waals surface area contributed by atoms with Gasteiger partial charge in [0, 0.05) is 51.9 Å². The average molecular weight is 1090 g/mol. The Morgan fingerprint density at radius 2 is 0.727 bits per heavy atom. The van der Waals surface area contributed by atoms with Crippen LogP contribution in [0.25, 0.3) is 0 Å². The number of esters is 2. The van der Waals surface area contributed by atoms with E-state index in [0.717, 1.165) is 76.7 Å². The molecular formula is C67H131NO9. The lowest BCUT2D eigenvalue weighted by atomic mass is 9.84. The molecule has 1 rings (SSSR count). The number of hydrogen-bond acceptors (Lipinski definition) is 10. The van der Waals surface area contributed by atoms with Crippen LogP contribution in [-0.2, 0) is 38.0 Å². The summed E-state index contributed by atoms with van der Waals surface area (Å²) in [6.45, 7) is 15.4. The molecule has 1 N–H and O–H groups in total. The number of aliphatic hydroxyl groups excluding tert-OH is 1. The van der Waals surface area contributed by atoms with Gasteiger partial charge in [0.15, 0.2) is 12.6 Å². The third-order valence-corrected chi connectivity index (χ3v) is 16.1.